The van der Waals surface area contributed by atoms with Crippen molar-refractivity contribution in [1.82, 2.24) is 0 Å². The predicted molar refractivity (Wildman–Crippen MR) is 84.2 cm³/mol. The Morgan fingerprint density at radius 3 is 2.41 bits per heavy atom. The zero-order valence-electron chi connectivity index (χ0n) is 11.2. The molecule has 0 heterocycles. The Hall–Kier alpha value is -2.86. The third-order valence-corrected chi connectivity index (χ3v) is 3.21. The summed E-state index contributed by atoms with van der Waals surface area (Å²) in [6.07, 6.45) is 0. The van der Waals surface area contributed by atoms with E-state index in [-0.39, 0.29) is 33.3 Å². The average Bonchev–Trinajstić information content (AvgIpc) is 2.48. The quantitative estimate of drug-likeness (QED) is 0.505. The summed E-state index contributed by atoms with van der Waals surface area (Å²) < 4.78 is 0. The Morgan fingerprint density at radius 1 is 1.23 bits per heavy atom. The highest BCUT2D eigenvalue weighted by atomic mass is 35.5. The van der Waals surface area contributed by atoms with Crippen LogP contribution in [0.2, 0.25) is 5.02 Å². The molecule has 0 bridgehead atoms. The first-order valence-electron chi connectivity index (χ1n) is 6.12. The fourth-order valence-corrected chi connectivity index (χ4v) is 2.06. The minimum Gasteiger partial charge on any atom is -0.508 e. The molecule has 2 aromatic rings. The van der Waals surface area contributed by atoms with Gasteiger partial charge in [0, 0.05) is 17.7 Å². The van der Waals surface area contributed by atoms with E-state index >= 15 is 0 Å². The van der Waals surface area contributed by atoms with Gasteiger partial charge < -0.3 is 10.4 Å². The molecule has 22 heavy (non-hydrogen) atoms. The summed E-state index contributed by atoms with van der Waals surface area (Å²) in [4.78, 5) is 22.3. The van der Waals surface area contributed by atoms with E-state index in [1.165, 1.54) is 18.2 Å². The molecule has 0 saturated heterocycles. The molecular weight excluding hydrogens is 308 g/mol. The summed E-state index contributed by atoms with van der Waals surface area (Å²) in [7, 11) is 0. The zero-order chi connectivity index (χ0) is 16.3. The van der Waals surface area contributed by atoms with Gasteiger partial charge in [0.05, 0.1) is 21.2 Å². The SMILES string of the molecule is C=C(O)c1ccccc1C(=O)Nc1ccc([N+](=O)[O-])cc1Cl. The largest absolute Gasteiger partial charge is 0.508 e. The van der Waals surface area contributed by atoms with Gasteiger partial charge in [-0.2, -0.15) is 0 Å². The van der Waals surface area contributed by atoms with Gasteiger partial charge in [-0.1, -0.05) is 36.4 Å². The Labute approximate surface area is 130 Å². The van der Waals surface area contributed by atoms with Gasteiger partial charge in [-0.05, 0) is 12.1 Å². The van der Waals surface area contributed by atoms with Crippen LogP contribution in [0.1, 0.15) is 15.9 Å². The van der Waals surface area contributed by atoms with Gasteiger partial charge in [0.2, 0.25) is 0 Å². The lowest BCUT2D eigenvalue weighted by Crippen LogP contribution is -2.14. The molecule has 0 fully saturated rings. The number of nitrogens with zero attached hydrogens (tertiary/aromatic N) is 1. The van der Waals surface area contributed by atoms with Crippen molar-refractivity contribution in [2.45, 2.75) is 0 Å². The van der Waals surface area contributed by atoms with Crippen LogP contribution in [0.3, 0.4) is 0 Å². The molecule has 0 atom stereocenters. The Morgan fingerprint density at radius 2 is 1.86 bits per heavy atom. The number of benzene rings is 2. The van der Waals surface area contributed by atoms with E-state index in [1.807, 2.05) is 0 Å². The summed E-state index contributed by atoms with van der Waals surface area (Å²) in [5.41, 5.74) is 0.560. The number of rotatable bonds is 4. The maximum Gasteiger partial charge on any atom is 0.271 e. The summed E-state index contributed by atoms with van der Waals surface area (Å²) in [6, 6.07) is 10.1. The molecule has 0 aromatic heterocycles. The number of non-ortho nitro benzene ring substituents is 1. The first-order chi connectivity index (χ1) is 10.4. The van der Waals surface area contributed by atoms with Gasteiger partial charge >= 0.3 is 0 Å². The van der Waals surface area contributed by atoms with Crippen molar-refractivity contribution in [1.29, 1.82) is 0 Å². The summed E-state index contributed by atoms with van der Waals surface area (Å²) >= 11 is 5.92. The van der Waals surface area contributed by atoms with Crippen LogP contribution in [0.25, 0.3) is 5.76 Å². The normalized spacial score (nSPS) is 10.0. The fourth-order valence-electron chi connectivity index (χ4n) is 1.84. The van der Waals surface area contributed by atoms with Crippen molar-refractivity contribution < 1.29 is 14.8 Å². The zero-order valence-corrected chi connectivity index (χ0v) is 12.0. The summed E-state index contributed by atoms with van der Waals surface area (Å²) in [5, 5.41) is 22.7. The number of halogens is 1. The van der Waals surface area contributed by atoms with Gasteiger partial charge in [0.1, 0.15) is 5.76 Å². The van der Waals surface area contributed by atoms with E-state index < -0.39 is 10.8 Å². The van der Waals surface area contributed by atoms with Gasteiger partial charge in [0.15, 0.2) is 0 Å². The van der Waals surface area contributed by atoms with Crippen LogP contribution >= 0.6 is 11.6 Å². The minimum atomic E-state index is -0.581. The van der Waals surface area contributed by atoms with Gasteiger partial charge in [0.25, 0.3) is 11.6 Å². The Balaban J connectivity index is 2.30. The molecule has 0 aliphatic carbocycles. The lowest BCUT2D eigenvalue weighted by Gasteiger charge is -2.10. The van der Waals surface area contributed by atoms with Crippen LogP contribution in [0.5, 0.6) is 0 Å². The number of hydrogen-bond donors (Lipinski definition) is 2. The van der Waals surface area contributed by atoms with E-state index in [4.69, 9.17) is 11.6 Å². The number of aliphatic hydroxyl groups excluding tert-OH is 1. The number of carbonyl (C=O) groups excluding carboxylic acids is 1. The smallest absolute Gasteiger partial charge is 0.271 e. The highest BCUT2D eigenvalue weighted by Gasteiger charge is 2.15. The topological polar surface area (TPSA) is 92.5 Å². The van der Waals surface area contributed by atoms with E-state index in [2.05, 4.69) is 11.9 Å². The lowest BCUT2D eigenvalue weighted by molar-refractivity contribution is -0.384. The number of hydrogen-bond acceptors (Lipinski definition) is 4. The highest BCUT2D eigenvalue weighted by Crippen LogP contribution is 2.27. The molecule has 0 aliphatic heterocycles. The molecule has 0 radical (unpaired) electrons. The van der Waals surface area contributed by atoms with Crippen LogP contribution < -0.4 is 5.32 Å². The van der Waals surface area contributed by atoms with Crippen molar-refractivity contribution >= 4 is 34.6 Å². The second-order valence-electron chi connectivity index (χ2n) is 4.37. The van der Waals surface area contributed by atoms with E-state index in [9.17, 15) is 20.0 Å². The number of nitrogens with one attached hydrogen (secondary N) is 1. The second kappa shape index (κ2) is 6.28. The van der Waals surface area contributed by atoms with Crippen molar-refractivity contribution in [3.8, 4) is 0 Å². The van der Waals surface area contributed by atoms with Crippen LogP contribution in [0, 0.1) is 10.1 Å². The molecule has 7 heteroatoms. The second-order valence-corrected chi connectivity index (χ2v) is 4.77. The number of anilines is 1. The lowest BCUT2D eigenvalue weighted by atomic mass is 10.1. The number of amides is 1. The molecule has 1 amide bonds. The molecule has 6 nitrogen and oxygen atoms in total. The van der Waals surface area contributed by atoms with Crippen molar-refractivity contribution in [2.24, 2.45) is 0 Å². The molecule has 2 aromatic carbocycles. The Bertz CT molecular complexity index is 774. The molecule has 0 saturated carbocycles. The minimum absolute atomic E-state index is 0.0443. The average molecular weight is 319 g/mol. The third-order valence-electron chi connectivity index (χ3n) is 2.89. The van der Waals surface area contributed by atoms with E-state index in [1.54, 1.807) is 18.2 Å². The number of aliphatic hydroxyl groups is 1. The monoisotopic (exact) mass is 318 g/mol. The number of carbonyl (C=O) groups is 1. The summed E-state index contributed by atoms with van der Waals surface area (Å²) in [6.45, 7) is 3.40. The fraction of sp³-hybridized carbons (Fsp3) is 0. The van der Waals surface area contributed by atoms with Crippen LogP contribution in [-0.2, 0) is 0 Å². The van der Waals surface area contributed by atoms with Gasteiger partial charge in [-0.15, -0.1) is 0 Å². The van der Waals surface area contributed by atoms with Crippen LogP contribution in [-0.4, -0.2) is 15.9 Å². The molecule has 112 valence electrons. The Kier molecular flexibility index (Phi) is 4.43. The van der Waals surface area contributed by atoms with Gasteiger partial charge in [-0.3, -0.25) is 14.9 Å². The van der Waals surface area contributed by atoms with E-state index in [0.29, 0.717) is 0 Å². The first kappa shape index (κ1) is 15.5. The predicted octanol–water partition coefficient (Wildman–Crippen LogP) is 4.03. The molecule has 2 N–H and O–H groups in total. The number of nitro benzene ring substituents is 1. The standard InChI is InChI=1S/C15H11ClN2O4/c1-9(19)11-4-2-3-5-12(11)15(20)17-14-7-6-10(18(21)22)8-13(14)16/h2-8,19H,1H2,(H,17,20). The third kappa shape index (κ3) is 3.24. The maximum absolute atomic E-state index is 12.3. The van der Waals surface area contributed by atoms with Crippen molar-refractivity contribution in [3.63, 3.8) is 0 Å². The molecule has 0 spiro atoms. The maximum atomic E-state index is 12.3. The summed E-state index contributed by atoms with van der Waals surface area (Å²) in [5.74, 6) is -0.748. The highest BCUT2D eigenvalue weighted by molar-refractivity contribution is 6.34. The number of nitro groups is 1. The van der Waals surface area contributed by atoms with E-state index in [0.717, 1.165) is 6.07 Å². The van der Waals surface area contributed by atoms with Gasteiger partial charge in [-0.25, -0.2) is 0 Å². The molecule has 0 unspecified atom stereocenters. The van der Waals surface area contributed by atoms with Crippen molar-refractivity contribution in [2.75, 3.05) is 5.32 Å². The van der Waals surface area contributed by atoms with Crippen molar-refractivity contribution in [3.05, 3.63) is 75.3 Å². The molecular formula is C15H11ClN2O4. The van der Waals surface area contributed by atoms with Crippen LogP contribution in [0.4, 0.5) is 11.4 Å². The van der Waals surface area contributed by atoms with Crippen LogP contribution in [0.15, 0.2) is 49.0 Å². The first-order valence-corrected chi connectivity index (χ1v) is 6.50. The molecule has 0 aliphatic rings. The molecule has 2 rings (SSSR count).